The van der Waals surface area contributed by atoms with Gasteiger partial charge in [-0.3, -0.25) is 9.52 Å². The van der Waals surface area contributed by atoms with E-state index in [0.29, 0.717) is 0 Å². The summed E-state index contributed by atoms with van der Waals surface area (Å²) < 4.78 is 57.1. The maximum atomic E-state index is 13.6. The molecule has 0 radical (unpaired) electrons. The first-order valence-corrected chi connectivity index (χ1v) is 9.50. The van der Waals surface area contributed by atoms with Crippen molar-refractivity contribution in [1.29, 1.82) is 0 Å². The fourth-order valence-corrected chi connectivity index (χ4v) is 2.65. The molecule has 0 spiro atoms. The second-order valence-electron chi connectivity index (χ2n) is 5.55. The Morgan fingerprint density at radius 2 is 1.63 bits per heavy atom. The largest absolute Gasteiger partial charge is 0.449 e. The average molecular weight is 398 g/mol. The third kappa shape index (κ3) is 5.48. The van der Waals surface area contributed by atoms with Gasteiger partial charge in [0, 0.05) is 0 Å². The van der Waals surface area contributed by atoms with E-state index in [0.717, 1.165) is 24.5 Å². The molecule has 7 nitrogen and oxygen atoms in total. The van der Waals surface area contributed by atoms with Crippen LogP contribution in [0.5, 0.6) is 0 Å². The molecule has 2 N–H and O–H groups in total. The topological polar surface area (TPSA) is 102 Å². The van der Waals surface area contributed by atoms with E-state index in [1.54, 1.807) is 0 Å². The van der Waals surface area contributed by atoms with Gasteiger partial charge in [0.15, 0.2) is 6.10 Å². The molecule has 27 heavy (non-hydrogen) atoms. The molecule has 0 aliphatic rings. The smallest absolute Gasteiger partial charge is 0.341 e. The van der Waals surface area contributed by atoms with E-state index in [1.165, 1.54) is 31.2 Å². The molecular weight excluding hydrogens is 382 g/mol. The predicted molar refractivity (Wildman–Crippen MR) is 94.8 cm³/mol. The van der Waals surface area contributed by atoms with Crippen LogP contribution in [0.1, 0.15) is 17.3 Å². The van der Waals surface area contributed by atoms with Crippen LogP contribution >= 0.6 is 0 Å². The Kier molecular flexibility index (Phi) is 6.11. The number of nitrogens with one attached hydrogen (secondary N) is 2. The van der Waals surface area contributed by atoms with Gasteiger partial charge in [0.25, 0.3) is 5.91 Å². The van der Waals surface area contributed by atoms with Crippen LogP contribution in [0.3, 0.4) is 0 Å². The molecule has 0 aromatic heterocycles. The summed E-state index contributed by atoms with van der Waals surface area (Å²) in [5.41, 5.74) is -0.818. The number of anilines is 2. The molecule has 10 heteroatoms. The molecule has 144 valence electrons. The van der Waals surface area contributed by atoms with E-state index < -0.39 is 45.3 Å². The lowest BCUT2D eigenvalue weighted by molar-refractivity contribution is -0.123. The van der Waals surface area contributed by atoms with E-state index in [9.17, 15) is 26.8 Å². The van der Waals surface area contributed by atoms with Crippen LogP contribution in [0.4, 0.5) is 20.2 Å². The predicted octanol–water partition coefficient (Wildman–Crippen LogP) is 2.52. The number of halogens is 2. The van der Waals surface area contributed by atoms with Crippen LogP contribution in [0.15, 0.2) is 42.5 Å². The van der Waals surface area contributed by atoms with Crippen molar-refractivity contribution in [3.8, 4) is 0 Å². The molecule has 0 heterocycles. The summed E-state index contributed by atoms with van der Waals surface area (Å²) in [6, 6.07) is 8.68. The number of para-hydroxylation sites is 2. The minimum absolute atomic E-state index is 0.0299. The van der Waals surface area contributed by atoms with Crippen molar-refractivity contribution in [1.82, 2.24) is 0 Å². The molecule has 2 aromatic carbocycles. The number of hydrogen-bond donors (Lipinski definition) is 2. The second kappa shape index (κ2) is 8.12. The van der Waals surface area contributed by atoms with Gasteiger partial charge in [0.2, 0.25) is 10.0 Å². The van der Waals surface area contributed by atoms with Gasteiger partial charge in [0.05, 0.1) is 17.5 Å². The quantitative estimate of drug-likeness (QED) is 0.728. The lowest BCUT2D eigenvalue weighted by Gasteiger charge is -2.15. The van der Waals surface area contributed by atoms with Crippen molar-refractivity contribution in [2.24, 2.45) is 0 Å². The number of benzene rings is 2. The van der Waals surface area contributed by atoms with Gasteiger partial charge in [-0.2, -0.15) is 0 Å². The van der Waals surface area contributed by atoms with Gasteiger partial charge in [-0.1, -0.05) is 18.2 Å². The van der Waals surface area contributed by atoms with Crippen LogP contribution in [0.2, 0.25) is 0 Å². The molecule has 2 rings (SSSR count). The summed E-state index contributed by atoms with van der Waals surface area (Å²) in [5.74, 6) is -3.91. The highest BCUT2D eigenvalue weighted by Gasteiger charge is 2.23. The summed E-state index contributed by atoms with van der Waals surface area (Å²) in [5, 5.41) is 2.01. The number of hydrogen-bond acceptors (Lipinski definition) is 5. The molecule has 0 bridgehead atoms. The van der Waals surface area contributed by atoms with Crippen molar-refractivity contribution >= 4 is 33.3 Å². The molecule has 2 aromatic rings. The van der Waals surface area contributed by atoms with Gasteiger partial charge in [-0.15, -0.1) is 0 Å². The Morgan fingerprint density at radius 1 is 1.04 bits per heavy atom. The number of amides is 1. The number of ether oxygens (including phenoxy) is 1. The van der Waals surface area contributed by atoms with Gasteiger partial charge in [-0.05, 0) is 31.2 Å². The monoisotopic (exact) mass is 398 g/mol. The minimum Gasteiger partial charge on any atom is -0.449 e. The van der Waals surface area contributed by atoms with Gasteiger partial charge >= 0.3 is 5.97 Å². The highest BCUT2D eigenvalue weighted by molar-refractivity contribution is 7.92. The Labute approximate surface area is 154 Å². The zero-order valence-electron chi connectivity index (χ0n) is 14.3. The van der Waals surface area contributed by atoms with Crippen molar-refractivity contribution in [3.63, 3.8) is 0 Å². The van der Waals surface area contributed by atoms with Crippen LogP contribution in [0, 0.1) is 11.6 Å². The molecule has 1 atom stereocenters. The number of esters is 1. The van der Waals surface area contributed by atoms with Crippen LogP contribution in [0.25, 0.3) is 0 Å². The molecule has 0 aliphatic heterocycles. The lowest BCUT2D eigenvalue weighted by atomic mass is 10.2. The molecule has 1 amide bonds. The fraction of sp³-hybridized carbons (Fsp3) is 0.176. The first-order chi connectivity index (χ1) is 12.6. The summed E-state index contributed by atoms with van der Waals surface area (Å²) in [4.78, 5) is 24.3. The van der Waals surface area contributed by atoms with Crippen molar-refractivity contribution < 1.29 is 31.5 Å². The van der Waals surface area contributed by atoms with Gasteiger partial charge < -0.3 is 10.1 Å². The Hall–Kier alpha value is -3.01. The first-order valence-electron chi connectivity index (χ1n) is 7.61. The summed E-state index contributed by atoms with van der Waals surface area (Å²) in [7, 11) is -3.65. The summed E-state index contributed by atoms with van der Waals surface area (Å²) in [6.07, 6.45) is -0.489. The maximum Gasteiger partial charge on any atom is 0.341 e. The number of sulfonamides is 1. The fourth-order valence-electron chi connectivity index (χ4n) is 2.07. The number of carbonyl (C=O) groups excluding carboxylic acids is 2. The normalized spacial score (nSPS) is 12.1. The van der Waals surface area contributed by atoms with Crippen molar-refractivity contribution in [3.05, 3.63) is 59.7 Å². The van der Waals surface area contributed by atoms with Crippen LogP contribution in [-0.2, 0) is 19.6 Å². The van der Waals surface area contributed by atoms with Crippen molar-refractivity contribution in [2.45, 2.75) is 13.0 Å². The third-order valence-corrected chi connectivity index (χ3v) is 3.90. The molecule has 0 saturated heterocycles. The Balaban J connectivity index is 2.13. The van der Waals surface area contributed by atoms with E-state index in [2.05, 4.69) is 4.72 Å². The standard InChI is InChI=1S/C17H16F2N2O5S/c1-10(16(22)20-15-12(18)7-5-8-13(15)19)26-17(23)11-6-3-4-9-14(11)21-27(2,24)25/h3-10,21H,1-2H3,(H,20,22)/t10-/m0/s1. The summed E-state index contributed by atoms with van der Waals surface area (Å²) >= 11 is 0. The maximum absolute atomic E-state index is 13.6. The SMILES string of the molecule is C[C@H](OC(=O)c1ccccc1NS(C)(=O)=O)C(=O)Nc1c(F)cccc1F. The average Bonchev–Trinajstić information content (AvgIpc) is 2.57. The molecule has 0 aliphatic carbocycles. The second-order valence-corrected chi connectivity index (χ2v) is 7.30. The van der Waals surface area contributed by atoms with E-state index in [4.69, 9.17) is 4.74 Å². The lowest BCUT2D eigenvalue weighted by Crippen LogP contribution is -2.31. The van der Waals surface area contributed by atoms with Crippen LogP contribution in [-0.4, -0.2) is 32.7 Å². The Bertz CT molecular complexity index is 959. The number of rotatable bonds is 6. The van der Waals surface area contributed by atoms with E-state index >= 15 is 0 Å². The van der Waals surface area contributed by atoms with Crippen molar-refractivity contribution in [2.75, 3.05) is 16.3 Å². The van der Waals surface area contributed by atoms with Gasteiger partial charge in [0.1, 0.15) is 17.3 Å². The highest BCUT2D eigenvalue weighted by Crippen LogP contribution is 2.20. The minimum atomic E-state index is -3.65. The molecular formula is C17H16F2N2O5S. The zero-order valence-corrected chi connectivity index (χ0v) is 15.1. The molecule has 0 unspecified atom stereocenters. The first kappa shape index (κ1) is 20.3. The number of carbonyl (C=O) groups is 2. The van der Waals surface area contributed by atoms with Gasteiger partial charge in [-0.25, -0.2) is 22.0 Å². The zero-order chi connectivity index (χ0) is 20.2. The summed E-state index contributed by atoms with van der Waals surface area (Å²) in [6.45, 7) is 1.21. The Morgan fingerprint density at radius 3 is 2.22 bits per heavy atom. The van der Waals surface area contributed by atoms with E-state index in [-0.39, 0.29) is 11.3 Å². The highest BCUT2D eigenvalue weighted by atomic mass is 32.2. The molecule has 0 fully saturated rings. The molecule has 0 saturated carbocycles. The van der Waals surface area contributed by atoms with Crippen LogP contribution < -0.4 is 10.0 Å². The van der Waals surface area contributed by atoms with E-state index in [1.807, 2.05) is 5.32 Å². The third-order valence-electron chi connectivity index (χ3n) is 3.31.